The van der Waals surface area contributed by atoms with E-state index in [4.69, 9.17) is 9.47 Å². The van der Waals surface area contributed by atoms with Gasteiger partial charge in [0.1, 0.15) is 5.75 Å². The van der Waals surface area contributed by atoms with Gasteiger partial charge in [0.2, 0.25) is 10.0 Å². The first-order chi connectivity index (χ1) is 11.9. The first-order valence-corrected chi connectivity index (χ1v) is 10.4. The number of nitrogens with zero attached hydrogens (tertiary/aromatic N) is 1. The molecule has 1 aromatic rings. The average Bonchev–Trinajstić information content (AvgIpc) is 2.60. The van der Waals surface area contributed by atoms with Crippen LogP contribution < -0.4 is 9.46 Å². The number of hydrogen-bond donors (Lipinski definition) is 1. The van der Waals surface area contributed by atoms with Crippen molar-refractivity contribution in [2.45, 2.75) is 38.1 Å². The summed E-state index contributed by atoms with van der Waals surface area (Å²) in [6, 6.07) is 6.72. The van der Waals surface area contributed by atoms with Crippen LogP contribution in [-0.2, 0) is 14.8 Å². The molecule has 0 bridgehead atoms. The van der Waals surface area contributed by atoms with Crippen LogP contribution in [0.4, 0.5) is 0 Å². The van der Waals surface area contributed by atoms with Crippen molar-refractivity contribution in [1.82, 2.24) is 9.62 Å². The molecule has 1 atom stereocenters. The van der Waals surface area contributed by atoms with Gasteiger partial charge in [-0.25, -0.2) is 13.1 Å². The average molecular weight is 371 g/mol. The van der Waals surface area contributed by atoms with Gasteiger partial charge >= 0.3 is 0 Å². The van der Waals surface area contributed by atoms with E-state index in [1.807, 2.05) is 6.92 Å². The van der Waals surface area contributed by atoms with Gasteiger partial charge in [0.25, 0.3) is 0 Å². The van der Waals surface area contributed by atoms with Gasteiger partial charge in [-0.2, -0.15) is 0 Å². The molecule has 2 rings (SSSR count). The van der Waals surface area contributed by atoms with E-state index in [-0.39, 0.29) is 10.9 Å². The van der Waals surface area contributed by atoms with Crippen LogP contribution in [0, 0.1) is 5.92 Å². The normalized spacial score (nSPS) is 17.6. The molecule has 0 aromatic heterocycles. The van der Waals surface area contributed by atoms with E-state index in [1.165, 1.54) is 0 Å². The van der Waals surface area contributed by atoms with Gasteiger partial charge in [0.15, 0.2) is 0 Å². The molecule has 1 unspecified atom stereocenters. The van der Waals surface area contributed by atoms with Crippen LogP contribution in [0.25, 0.3) is 0 Å². The summed E-state index contributed by atoms with van der Waals surface area (Å²) in [5.74, 6) is 1.18. The molecule has 1 aromatic carbocycles. The van der Waals surface area contributed by atoms with Crippen LogP contribution in [0.3, 0.4) is 0 Å². The molecule has 0 radical (unpaired) electrons. The molecule has 6 nitrogen and oxygen atoms in total. The predicted molar refractivity (Wildman–Crippen MR) is 98.4 cm³/mol. The van der Waals surface area contributed by atoms with E-state index in [0.29, 0.717) is 38.0 Å². The molecule has 0 amide bonds. The van der Waals surface area contributed by atoms with Crippen molar-refractivity contribution in [3.05, 3.63) is 24.3 Å². The van der Waals surface area contributed by atoms with Crippen LogP contribution in [-0.4, -0.2) is 58.8 Å². The Labute approximate surface area is 151 Å². The van der Waals surface area contributed by atoms with Gasteiger partial charge in [0, 0.05) is 25.7 Å². The molecule has 25 heavy (non-hydrogen) atoms. The van der Waals surface area contributed by atoms with Crippen molar-refractivity contribution in [3.8, 4) is 5.75 Å². The lowest BCUT2D eigenvalue weighted by Gasteiger charge is -2.35. The Hall–Kier alpha value is -1.15. The lowest BCUT2D eigenvalue weighted by molar-refractivity contribution is 0.0134. The molecule has 0 spiro atoms. The topological polar surface area (TPSA) is 67.9 Å². The minimum atomic E-state index is -3.52. The van der Waals surface area contributed by atoms with E-state index in [1.54, 1.807) is 24.3 Å². The molecule has 1 saturated heterocycles. The van der Waals surface area contributed by atoms with E-state index < -0.39 is 10.0 Å². The second-order valence-corrected chi connectivity index (χ2v) is 8.45. The van der Waals surface area contributed by atoms with Gasteiger partial charge in [-0.3, -0.25) is 4.90 Å². The zero-order valence-corrected chi connectivity index (χ0v) is 16.2. The summed E-state index contributed by atoms with van der Waals surface area (Å²) in [7, 11) is -3.52. The molecular weight excluding hydrogens is 340 g/mol. The molecule has 1 heterocycles. The zero-order chi connectivity index (χ0) is 18.3. The van der Waals surface area contributed by atoms with E-state index in [9.17, 15) is 8.42 Å². The number of hydrogen-bond acceptors (Lipinski definition) is 5. The first kappa shape index (κ1) is 20.2. The number of morpholine rings is 1. The second kappa shape index (κ2) is 9.52. The largest absolute Gasteiger partial charge is 0.494 e. The van der Waals surface area contributed by atoms with E-state index in [2.05, 4.69) is 23.5 Å². The van der Waals surface area contributed by atoms with Gasteiger partial charge in [-0.05, 0) is 43.5 Å². The number of sulfonamides is 1. The monoisotopic (exact) mass is 370 g/mol. The first-order valence-electron chi connectivity index (χ1n) is 8.96. The highest BCUT2D eigenvalue weighted by Gasteiger charge is 2.24. The quantitative estimate of drug-likeness (QED) is 0.721. The van der Waals surface area contributed by atoms with Crippen molar-refractivity contribution >= 4 is 10.0 Å². The van der Waals surface area contributed by atoms with Gasteiger partial charge in [-0.15, -0.1) is 0 Å². The molecule has 0 saturated carbocycles. The number of benzene rings is 1. The number of ether oxygens (including phenoxy) is 2. The van der Waals surface area contributed by atoms with E-state index in [0.717, 1.165) is 19.5 Å². The van der Waals surface area contributed by atoms with Crippen molar-refractivity contribution in [3.63, 3.8) is 0 Å². The fourth-order valence-corrected chi connectivity index (χ4v) is 4.09. The van der Waals surface area contributed by atoms with Crippen LogP contribution in [0.15, 0.2) is 29.2 Å². The molecular formula is C18H30N2O4S. The van der Waals surface area contributed by atoms with Crippen LogP contribution in [0.2, 0.25) is 0 Å². The fraction of sp³-hybridized carbons (Fsp3) is 0.667. The highest BCUT2D eigenvalue weighted by Crippen LogP contribution is 2.17. The number of nitrogens with one attached hydrogen (secondary N) is 1. The Morgan fingerprint density at radius 3 is 2.40 bits per heavy atom. The maximum atomic E-state index is 12.6. The Morgan fingerprint density at radius 1 is 1.20 bits per heavy atom. The Kier molecular flexibility index (Phi) is 7.68. The smallest absolute Gasteiger partial charge is 0.240 e. The third-order valence-electron chi connectivity index (χ3n) is 4.26. The van der Waals surface area contributed by atoms with Gasteiger partial charge in [-0.1, -0.05) is 13.8 Å². The lowest BCUT2D eigenvalue weighted by atomic mass is 10.0. The SMILES string of the molecule is CCOc1ccc(S(=O)(=O)NCC(CC(C)C)N2CCOCC2)cc1. The van der Waals surface area contributed by atoms with E-state index >= 15 is 0 Å². The maximum absolute atomic E-state index is 12.6. The summed E-state index contributed by atoms with van der Waals surface area (Å²) < 4.78 is 38.7. The molecule has 1 aliphatic rings. The van der Waals surface area contributed by atoms with Crippen molar-refractivity contribution in [2.24, 2.45) is 5.92 Å². The van der Waals surface area contributed by atoms with Crippen molar-refractivity contribution in [1.29, 1.82) is 0 Å². The Bertz CT molecular complexity index is 610. The highest BCUT2D eigenvalue weighted by atomic mass is 32.2. The molecule has 7 heteroatoms. The summed E-state index contributed by atoms with van der Waals surface area (Å²) in [5, 5.41) is 0. The Balaban J connectivity index is 2.01. The minimum Gasteiger partial charge on any atom is -0.494 e. The fourth-order valence-electron chi connectivity index (χ4n) is 3.02. The summed E-state index contributed by atoms with van der Waals surface area (Å²) in [4.78, 5) is 2.59. The maximum Gasteiger partial charge on any atom is 0.240 e. The molecule has 1 aliphatic heterocycles. The van der Waals surface area contributed by atoms with Gasteiger partial charge in [0.05, 0.1) is 24.7 Å². The van der Waals surface area contributed by atoms with Crippen LogP contribution >= 0.6 is 0 Å². The van der Waals surface area contributed by atoms with Crippen LogP contribution in [0.1, 0.15) is 27.2 Å². The molecule has 1 fully saturated rings. The van der Waals surface area contributed by atoms with Crippen LogP contribution in [0.5, 0.6) is 5.75 Å². The summed E-state index contributed by atoms with van der Waals surface area (Å²) in [6.07, 6.45) is 0.950. The minimum absolute atomic E-state index is 0.182. The highest BCUT2D eigenvalue weighted by molar-refractivity contribution is 7.89. The molecule has 0 aliphatic carbocycles. The standard InChI is InChI=1S/C18H30N2O4S/c1-4-24-17-5-7-18(8-6-17)25(21,22)19-14-16(13-15(2)3)20-9-11-23-12-10-20/h5-8,15-16,19H,4,9-14H2,1-3H3. The second-order valence-electron chi connectivity index (χ2n) is 6.69. The molecule has 1 N–H and O–H groups in total. The zero-order valence-electron chi connectivity index (χ0n) is 15.4. The summed E-state index contributed by atoms with van der Waals surface area (Å²) >= 11 is 0. The number of rotatable bonds is 9. The van der Waals surface area contributed by atoms with Crippen molar-refractivity contribution < 1.29 is 17.9 Å². The summed E-state index contributed by atoms with van der Waals surface area (Å²) in [6.45, 7) is 10.3. The lowest BCUT2D eigenvalue weighted by Crippen LogP contribution is -2.49. The Morgan fingerprint density at radius 2 is 1.84 bits per heavy atom. The van der Waals surface area contributed by atoms with Crippen molar-refractivity contribution in [2.75, 3.05) is 39.5 Å². The third-order valence-corrected chi connectivity index (χ3v) is 5.70. The predicted octanol–water partition coefficient (Wildman–Crippen LogP) is 2.11. The molecule has 142 valence electrons. The third kappa shape index (κ3) is 6.26. The van der Waals surface area contributed by atoms with Gasteiger partial charge < -0.3 is 9.47 Å². The summed E-state index contributed by atoms with van der Waals surface area (Å²) in [5.41, 5.74) is 0.